The second-order valence-corrected chi connectivity index (χ2v) is 5.95. The number of likely N-dealkylation sites (N-methyl/N-ethyl adjacent to an activating group) is 1. The Bertz CT molecular complexity index is 439. The molecular formula is C17H27FN2. The van der Waals surface area contributed by atoms with E-state index in [1.165, 1.54) is 12.1 Å². The van der Waals surface area contributed by atoms with Crippen LogP contribution in [0.3, 0.4) is 0 Å². The number of benzene rings is 1. The highest BCUT2D eigenvalue weighted by atomic mass is 19.1. The molecule has 2 unspecified atom stereocenters. The Kier molecular flexibility index (Phi) is 5.90. The molecule has 112 valence electrons. The summed E-state index contributed by atoms with van der Waals surface area (Å²) in [6.07, 6.45) is 2.74. The summed E-state index contributed by atoms with van der Waals surface area (Å²) in [4.78, 5) is 2.16. The zero-order chi connectivity index (χ0) is 15.3. The molecule has 20 heavy (non-hydrogen) atoms. The molecule has 0 saturated heterocycles. The van der Waals surface area contributed by atoms with E-state index in [0.717, 1.165) is 24.0 Å². The van der Waals surface area contributed by atoms with Gasteiger partial charge in [0.2, 0.25) is 0 Å². The summed E-state index contributed by atoms with van der Waals surface area (Å²) < 4.78 is 13.2. The number of nitrogens with two attached hydrogens (primary N) is 1. The van der Waals surface area contributed by atoms with Crippen molar-refractivity contribution in [3.05, 3.63) is 47.8 Å². The maximum atomic E-state index is 13.2. The predicted octanol–water partition coefficient (Wildman–Crippen LogP) is 3.68. The lowest BCUT2D eigenvalue weighted by Gasteiger charge is -2.42. The highest BCUT2D eigenvalue weighted by Crippen LogP contribution is 2.33. The van der Waals surface area contributed by atoms with Gasteiger partial charge >= 0.3 is 0 Å². The Balaban J connectivity index is 3.25. The van der Waals surface area contributed by atoms with Crippen molar-refractivity contribution in [3.63, 3.8) is 0 Å². The molecule has 0 saturated carbocycles. The third kappa shape index (κ3) is 3.90. The van der Waals surface area contributed by atoms with E-state index in [1.54, 1.807) is 12.1 Å². The monoisotopic (exact) mass is 278 g/mol. The summed E-state index contributed by atoms with van der Waals surface area (Å²) >= 11 is 0. The lowest BCUT2D eigenvalue weighted by Crippen LogP contribution is -2.54. The smallest absolute Gasteiger partial charge is 0.123 e. The van der Waals surface area contributed by atoms with Crippen LogP contribution in [0.15, 0.2) is 36.4 Å². The predicted molar refractivity (Wildman–Crippen MR) is 84.1 cm³/mol. The largest absolute Gasteiger partial charge is 0.320 e. The summed E-state index contributed by atoms with van der Waals surface area (Å²) in [5.41, 5.74) is 8.24. The Morgan fingerprint density at radius 1 is 1.35 bits per heavy atom. The molecule has 0 aromatic heterocycles. The van der Waals surface area contributed by atoms with Gasteiger partial charge in [-0.3, -0.25) is 0 Å². The molecule has 0 fully saturated rings. The van der Waals surface area contributed by atoms with Gasteiger partial charge in [-0.25, -0.2) is 4.39 Å². The van der Waals surface area contributed by atoms with Gasteiger partial charge in [0.15, 0.2) is 0 Å². The van der Waals surface area contributed by atoms with Crippen LogP contribution in [-0.4, -0.2) is 25.0 Å². The SMILES string of the molecule is C=C(C)CC(N)(c1ccc(F)cc1)C(CCC)N(C)C. The van der Waals surface area contributed by atoms with E-state index in [-0.39, 0.29) is 11.9 Å². The number of halogens is 1. The van der Waals surface area contributed by atoms with Crippen molar-refractivity contribution in [2.45, 2.75) is 44.7 Å². The lowest BCUT2D eigenvalue weighted by molar-refractivity contribution is 0.162. The summed E-state index contributed by atoms with van der Waals surface area (Å²) in [6, 6.07) is 6.74. The zero-order valence-corrected chi connectivity index (χ0v) is 13.1. The minimum absolute atomic E-state index is 0.190. The van der Waals surface area contributed by atoms with Crippen molar-refractivity contribution < 1.29 is 4.39 Å². The summed E-state index contributed by atoms with van der Waals surface area (Å²) in [5, 5.41) is 0. The first-order chi connectivity index (χ1) is 9.31. The van der Waals surface area contributed by atoms with E-state index in [9.17, 15) is 4.39 Å². The average Bonchev–Trinajstić information content (AvgIpc) is 2.35. The van der Waals surface area contributed by atoms with E-state index in [4.69, 9.17) is 5.73 Å². The van der Waals surface area contributed by atoms with Gasteiger partial charge in [0.1, 0.15) is 5.82 Å². The molecule has 1 rings (SSSR count). The normalized spacial score (nSPS) is 15.9. The van der Waals surface area contributed by atoms with Crippen molar-refractivity contribution in [2.24, 2.45) is 5.73 Å². The van der Waals surface area contributed by atoms with E-state index in [0.29, 0.717) is 6.42 Å². The minimum Gasteiger partial charge on any atom is -0.320 e. The van der Waals surface area contributed by atoms with Crippen LogP contribution in [0.5, 0.6) is 0 Å². The van der Waals surface area contributed by atoms with Crippen LogP contribution in [0.2, 0.25) is 0 Å². The van der Waals surface area contributed by atoms with Crippen molar-refractivity contribution >= 4 is 0 Å². The highest BCUT2D eigenvalue weighted by molar-refractivity contribution is 5.29. The molecule has 1 aromatic carbocycles. The molecule has 0 aliphatic heterocycles. The Hall–Kier alpha value is -1.19. The first kappa shape index (κ1) is 16.9. The van der Waals surface area contributed by atoms with Crippen molar-refractivity contribution in [1.82, 2.24) is 4.90 Å². The van der Waals surface area contributed by atoms with Crippen LogP contribution in [0, 0.1) is 5.82 Å². The summed E-state index contributed by atoms with van der Waals surface area (Å²) in [6.45, 7) is 8.16. The fourth-order valence-electron chi connectivity index (χ4n) is 2.92. The van der Waals surface area contributed by atoms with E-state index < -0.39 is 5.54 Å². The average molecular weight is 278 g/mol. The van der Waals surface area contributed by atoms with Gasteiger partial charge in [0.05, 0.1) is 5.54 Å². The molecule has 0 aliphatic carbocycles. The van der Waals surface area contributed by atoms with Crippen molar-refractivity contribution in [2.75, 3.05) is 14.1 Å². The number of hydrogen-bond acceptors (Lipinski definition) is 2. The molecule has 2 N–H and O–H groups in total. The van der Waals surface area contributed by atoms with Gasteiger partial charge in [-0.05, 0) is 51.6 Å². The van der Waals surface area contributed by atoms with E-state index >= 15 is 0 Å². The van der Waals surface area contributed by atoms with Gasteiger partial charge < -0.3 is 10.6 Å². The third-order valence-corrected chi connectivity index (χ3v) is 3.76. The fourth-order valence-corrected chi connectivity index (χ4v) is 2.92. The molecule has 0 heterocycles. The molecule has 0 bridgehead atoms. The zero-order valence-electron chi connectivity index (χ0n) is 13.1. The molecule has 2 nitrogen and oxygen atoms in total. The standard InChI is InChI=1S/C17H27FN2/c1-6-7-16(20(4)5)17(19,12-13(2)3)14-8-10-15(18)11-9-14/h8-11,16H,2,6-7,12,19H2,1,3-5H3. The maximum absolute atomic E-state index is 13.2. The Morgan fingerprint density at radius 2 is 1.90 bits per heavy atom. The van der Waals surface area contributed by atoms with Crippen LogP contribution >= 0.6 is 0 Å². The van der Waals surface area contributed by atoms with Crippen LogP contribution in [0.4, 0.5) is 4.39 Å². The van der Waals surface area contributed by atoms with Gasteiger partial charge in [0, 0.05) is 6.04 Å². The Labute approximate surface area is 122 Å². The maximum Gasteiger partial charge on any atom is 0.123 e. The molecule has 2 atom stereocenters. The first-order valence-electron chi connectivity index (χ1n) is 7.17. The second kappa shape index (κ2) is 7.00. The van der Waals surface area contributed by atoms with Gasteiger partial charge in [-0.2, -0.15) is 0 Å². The number of rotatable bonds is 7. The van der Waals surface area contributed by atoms with Crippen molar-refractivity contribution in [1.29, 1.82) is 0 Å². The van der Waals surface area contributed by atoms with E-state index in [2.05, 4.69) is 18.4 Å². The number of nitrogens with zero attached hydrogens (tertiary/aromatic N) is 1. The molecule has 0 aliphatic rings. The highest BCUT2D eigenvalue weighted by Gasteiger charge is 2.37. The Morgan fingerprint density at radius 3 is 2.30 bits per heavy atom. The molecule has 3 heteroatoms. The van der Waals surface area contributed by atoms with Crippen LogP contribution < -0.4 is 5.73 Å². The van der Waals surface area contributed by atoms with E-state index in [1.807, 2.05) is 21.0 Å². The van der Waals surface area contributed by atoms with Crippen molar-refractivity contribution in [3.8, 4) is 0 Å². The minimum atomic E-state index is -0.543. The van der Waals surface area contributed by atoms with Crippen LogP contribution in [-0.2, 0) is 5.54 Å². The van der Waals surface area contributed by atoms with Gasteiger partial charge in [-0.15, -0.1) is 6.58 Å². The van der Waals surface area contributed by atoms with Crippen LogP contribution in [0.25, 0.3) is 0 Å². The lowest BCUT2D eigenvalue weighted by atomic mass is 9.76. The third-order valence-electron chi connectivity index (χ3n) is 3.76. The second-order valence-electron chi connectivity index (χ2n) is 5.95. The fraction of sp³-hybridized carbons (Fsp3) is 0.529. The molecule has 1 aromatic rings. The summed E-state index contributed by atoms with van der Waals surface area (Å²) in [5.74, 6) is -0.233. The topological polar surface area (TPSA) is 29.3 Å². The van der Waals surface area contributed by atoms with Gasteiger partial charge in [-0.1, -0.05) is 31.1 Å². The quantitative estimate of drug-likeness (QED) is 0.771. The van der Waals surface area contributed by atoms with Gasteiger partial charge in [0.25, 0.3) is 0 Å². The molecular weight excluding hydrogens is 251 g/mol. The van der Waals surface area contributed by atoms with Crippen LogP contribution in [0.1, 0.15) is 38.7 Å². The summed E-state index contributed by atoms with van der Waals surface area (Å²) in [7, 11) is 4.09. The molecule has 0 amide bonds. The first-order valence-corrected chi connectivity index (χ1v) is 7.17. The molecule has 0 radical (unpaired) electrons. The number of hydrogen-bond donors (Lipinski definition) is 1. The molecule has 0 spiro atoms.